The van der Waals surface area contributed by atoms with Crippen molar-refractivity contribution in [1.82, 2.24) is 0 Å². The van der Waals surface area contributed by atoms with Gasteiger partial charge in [-0.3, -0.25) is 9.59 Å². The number of rotatable bonds is 9. The molecule has 0 aromatic heterocycles. The van der Waals surface area contributed by atoms with E-state index < -0.39 is 42.0 Å². The summed E-state index contributed by atoms with van der Waals surface area (Å²) in [6.45, 7) is 2.07. The molecule has 4 atom stereocenters. The van der Waals surface area contributed by atoms with Crippen LogP contribution in [0.3, 0.4) is 0 Å². The van der Waals surface area contributed by atoms with Crippen molar-refractivity contribution in [2.24, 2.45) is 0 Å². The minimum Gasteiger partial charge on any atom is -0.444 e. The van der Waals surface area contributed by atoms with E-state index in [9.17, 15) is 24.6 Å². The van der Waals surface area contributed by atoms with Gasteiger partial charge in [-0.2, -0.15) is 0 Å². The fourth-order valence-corrected chi connectivity index (χ4v) is 2.16. The molecule has 3 N–H and O–H groups in total. The van der Waals surface area contributed by atoms with Gasteiger partial charge in [-0.1, -0.05) is 39.0 Å². The average Bonchev–Trinajstić information content (AvgIpc) is 2.73. The molecule has 3 unspecified atom stereocenters. The normalized spacial score (nSPS) is 24.8. The monoisotopic (exact) mass is 302 g/mol. The lowest BCUT2D eigenvalue weighted by Crippen LogP contribution is -2.43. The molecule has 21 heavy (non-hydrogen) atoms. The summed E-state index contributed by atoms with van der Waals surface area (Å²) in [6.07, 6.45) is -2.01. The van der Waals surface area contributed by atoms with Crippen LogP contribution < -0.4 is 0 Å². The maximum Gasteiger partial charge on any atom is 0.344 e. The molecule has 7 heteroatoms. The molecule has 0 aromatic rings. The molecule has 1 aliphatic heterocycles. The first kappa shape index (κ1) is 17.7. The maximum atomic E-state index is 11.8. The zero-order valence-electron chi connectivity index (χ0n) is 12.0. The van der Waals surface area contributed by atoms with Gasteiger partial charge in [0.2, 0.25) is 23.8 Å². The van der Waals surface area contributed by atoms with Crippen molar-refractivity contribution in [2.75, 3.05) is 0 Å². The lowest BCUT2D eigenvalue weighted by molar-refractivity contribution is -0.156. The third-order valence-corrected chi connectivity index (χ3v) is 3.50. The van der Waals surface area contributed by atoms with Gasteiger partial charge in [-0.05, 0) is 6.42 Å². The molecule has 0 spiro atoms. The van der Waals surface area contributed by atoms with Crippen LogP contribution in [0.2, 0.25) is 0 Å². The molecule has 1 rings (SSSR count). The first-order valence-electron chi connectivity index (χ1n) is 7.22. The second-order valence-electron chi connectivity index (χ2n) is 5.24. The third-order valence-electron chi connectivity index (χ3n) is 3.50. The number of ether oxygens (including phenoxy) is 1. The molecule has 0 saturated carbocycles. The minimum absolute atomic E-state index is 0.216. The van der Waals surface area contributed by atoms with Gasteiger partial charge in [0, 0.05) is 0 Å². The molecule has 0 bridgehead atoms. The molecule has 0 radical (unpaired) electrons. The highest BCUT2D eigenvalue weighted by Crippen LogP contribution is 2.17. The van der Waals surface area contributed by atoms with E-state index in [-0.39, 0.29) is 6.42 Å². The first-order valence-corrected chi connectivity index (χ1v) is 7.22. The van der Waals surface area contributed by atoms with Crippen LogP contribution in [0.5, 0.6) is 0 Å². The van der Waals surface area contributed by atoms with Gasteiger partial charge >= 0.3 is 5.97 Å². The third kappa shape index (κ3) is 4.59. The molecule has 1 aliphatic rings. The molecule has 120 valence electrons. The Balaban J connectivity index is 2.43. The second kappa shape index (κ2) is 8.21. The summed E-state index contributed by atoms with van der Waals surface area (Å²) in [7, 11) is 0. The summed E-state index contributed by atoms with van der Waals surface area (Å²) in [5, 5.41) is 28.6. The van der Waals surface area contributed by atoms with E-state index in [1.807, 2.05) is 0 Å². The van der Waals surface area contributed by atoms with Crippen LogP contribution in [0.25, 0.3) is 0 Å². The molecule has 1 heterocycles. The number of ketones is 2. The molecule has 0 aromatic carbocycles. The van der Waals surface area contributed by atoms with Crippen LogP contribution in [-0.4, -0.2) is 57.3 Å². The lowest BCUT2D eigenvalue weighted by atomic mass is 9.97. The molecular formula is C14H22O7. The highest BCUT2D eigenvalue weighted by molar-refractivity contribution is 6.19. The topological polar surface area (TPSA) is 121 Å². The Bertz CT molecular complexity index is 393. The summed E-state index contributed by atoms with van der Waals surface area (Å²) >= 11 is 0. The molecule has 0 aliphatic carbocycles. The number of unbranched alkanes of at least 4 members (excludes halogenated alkanes) is 4. The Morgan fingerprint density at radius 3 is 2.33 bits per heavy atom. The van der Waals surface area contributed by atoms with Crippen LogP contribution in [0, 0.1) is 0 Å². The Labute approximate surface area is 122 Å². The number of aliphatic hydroxyl groups is 3. The summed E-state index contributed by atoms with van der Waals surface area (Å²) in [5.41, 5.74) is 0. The van der Waals surface area contributed by atoms with Gasteiger partial charge in [0.1, 0.15) is 6.10 Å². The summed E-state index contributed by atoms with van der Waals surface area (Å²) < 4.78 is 4.42. The van der Waals surface area contributed by atoms with Crippen LogP contribution in [-0.2, 0) is 19.1 Å². The molecular weight excluding hydrogens is 280 g/mol. The number of esters is 1. The number of cyclic esters (lactones) is 1. The fraction of sp³-hybridized carbons (Fsp3) is 0.786. The number of Topliss-reactive ketones (excluding diaryl/α,β-unsaturated/α-hetero) is 2. The van der Waals surface area contributed by atoms with E-state index in [0.29, 0.717) is 6.42 Å². The van der Waals surface area contributed by atoms with Crippen molar-refractivity contribution >= 4 is 17.5 Å². The van der Waals surface area contributed by atoms with Gasteiger partial charge in [0.25, 0.3) is 0 Å². The largest absolute Gasteiger partial charge is 0.444 e. The highest BCUT2D eigenvalue weighted by Gasteiger charge is 2.48. The van der Waals surface area contributed by atoms with E-state index in [1.165, 1.54) is 0 Å². The number of hydrogen-bond acceptors (Lipinski definition) is 7. The van der Waals surface area contributed by atoms with Crippen molar-refractivity contribution in [2.45, 2.75) is 69.9 Å². The van der Waals surface area contributed by atoms with Crippen molar-refractivity contribution in [3.05, 3.63) is 0 Å². The lowest BCUT2D eigenvalue weighted by Gasteiger charge is -2.18. The van der Waals surface area contributed by atoms with Gasteiger partial charge in [0.15, 0.2) is 0 Å². The predicted molar refractivity (Wildman–Crippen MR) is 71.3 cm³/mol. The second-order valence-corrected chi connectivity index (χ2v) is 5.24. The average molecular weight is 302 g/mol. The van der Waals surface area contributed by atoms with Crippen molar-refractivity contribution in [3.8, 4) is 0 Å². The minimum atomic E-state index is -1.99. The smallest absolute Gasteiger partial charge is 0.344 e. The highest BCUT2D eigenvalue weighted by atomic mass is 16.6. The van der Waals surface area contributed by atoms with E-state index in [0.717, 1.165) is 25.7 Å². The molecule has 1 fully saturated rings. The number of hydrogen-bond donors (Lipinski definition) is 3. The van der Waals surface area contributed by atoms with Crippen molar-refractivity contribution in [3.63, 3.8) is 0 Å². The van der Waals surface area contributed by atoms with E-state index in [4.69, 9.17) is 5.11 Å². The number of carbonyl (C=O) groups is 3. The Morgan fingerprint density at radius 1 is 1.19 bits per heavy atom. The van der Waals surface area contributed by atoms with Gasteiger partial charge in [-0.25, -0.2) is 4.79 Å². The van der Waals surface area contributed by atoms with E-state index in [1.54, 1.807) is 0 Å². The first-order chi connectivity index (χ1) is 9.90. The van der Waals surface area contributed by atoms with Gasteiger partial charge in [0.05, 0.1) is 6.10 Å². The Kier molecular flexibility index (Phi) is 6.94. The van der Waals surface area contributed by atoms with Gasteiger partial charge < -0.3 is 20.1 Å². The van der Waals surface area contributed by atoms with Gasteiger partial charge in [-0.15, -0.1) is 0 Å². The van der Waals surface area contributed by atoms with Crippen molar-refractivity contribution < 1.29 is 34.4 Å². The standard InChI is InChI=1S/C14H22O7/c1-2-3-4-5-6-7-8(15)9(16)10(17)13-11(18)12(19)14(20)21-13/h8-9,12-13,15-16,19H,2-7H2,1H3/t8?,9?,12?,13-/m1/s1. The Hall–Kier alpha value is -1.31. The predicted octanol–water partition coefficient (Wildman–Crippen LogP) is -0.507. The summed E-state index contributed by atoms with van der Waals surface area (Å²) in [6, 6.07) is 0. The maximum absolute atomic E-state index is 11.8. The number of carbonyl (C=O) groups excluding carboxylic acids is 3. The number of aliphatic hydroxyl groups excluding tert-OH is 3. The zero-order chi connectivity index (χ0) is 16.0. The summed E-state index contributed by atoms with van der Waals surface area (Å²) in [4.78, 5) is 34.2. The van der Waals surface area contributed by atoms with E-state index >= 15 is 0 Å². The van der Waals surface area contributed by atoms with Crippen LogP contribution in [0.4, 0.5) is 0 Å². The van der Waals surface area contributed by atoms with Crippen molar-refractivity contribution in [1.29, 1.82) is 0 Å². The quantitative estimate of drug-likeness (QED) is 0.298. The molecule has 0 amide bonds. The molecule has 7 nitrogen and oxygen atoms in total. The fourth-order valence-electron chi connectivity index (χ4n) is 2.16. The summed E-state index contributed by atoms with van der Waals surface area (Å²) in [5.74, 6) is -3.40. The van der Waals surface area contributed by atoms with Crippen LogP contribution in [0.1, 0.15) is 45.4 Å². The van der Waals surface area contributed by atoms with Crippen LogP contribution >= 0.6 is 0 Å². The van der Waals surface area contributed by atoms with E-state index in [2.05, 4.69) is 11.7 Å². The van der Waals surface area contributed by atoms with Crippen LogP contribution in [0.15, 0.2) is 0 Å². The Morgan fingerprint density at radius 2 is 1.81 bits per heavy atom. The molecule has 1 saturated heterocycles. The zero-order valence-corrected chi connectivity index (χ0v) is 12.0. The SMILES string of the molecule is CCCCCCCC(O)C(O)C(=O)[C@H]1OC(=O)C(O)C1=O.